The molecule has 226 valence electrons. The highest BCUT2D eigenvalue weighted by molar-refractivity contribution is 6.13. The SMILES string of the molecule is CC(=O)OCc1ccc(NC(=O)[C@H](CCC(=O)O)CC(=O)[C@H](C)NC(=O)[C@@H](C)CC(=O)CCN2C(=O)C=CC2=O)cc1. The Balaban J connectivity index is 1.90. The number of hydrogen-bond acceptors (Lipinski definition) is 9. The number of nitrogens with zero attached hydrogens (tertiary/aromatic N) is 1. The van der Waals surface area contributed by atoms with Gasteiger partial charge in [-0.25, -0.2) is 0 Å². The summed E-state index contributed by atoms with van der Waals surface area (Å²) in [5, 5.41) is 14.3. The van der Waals surface area contributed by atoms with Gasteiger partial charge in [0.15, 0.2) is 5.78 Å². The van der Waals surface area contributed by atoms with Gasteiger partial charge in [0, 0.05) is 68.8 Å². The minimum Gasteiger partial charge on any atom is -0.481 e. The topological polar surface area (TPSA) is 193 Å². The van der Waals surface area contributed by atoms with E-state index in [2.05, 4.69) is 10.6 Å². The summed E-state index contributed by atoms with van der Waals surface area (Å²) in [7, 11) is 0. The molecule has 0 aliphatic carbocycles. The minimum absolute atomic E-state index is 0.0635. The van der Waals surface area contributed by atoms with Crippen molar-refractivity contribution in [3.63, 3.8) is 0 Å². The molecule has 0 bridgehead atoms. The number of ether oxygens (including phenoxy) is 1. The van der Waals surface area contributed by atoms with Gasteiger partial charge >= 0.3 is 11.9 Å². The summed E-state index contributed by atoms with van der Waals surface area (Å²) < 4.78 is 4.91. The number of nitrogens with one attached hydrogen (secondary N) is 2. The molecule has 42 heavy (non-hydrogen) atoms. The summed E-state index contributed by atoms with van der Waals surface area (Å²) in [6, 6.07) is 5.43. The van der Waals surface area contributed by atoms with Crippen LogP contribution in [0.3, 0.4) is 0 Å². The number of hydrogen-bond donors (Lipinski definition) is 3. The van der Waals surface area contributed by atoms with Gasteiger partial charge in [0.05, 0.1) is 6.04 Å². The fourth-order valence-electron chi connectivity index (χ4n) is 4.02. The second-order valence-corrected chi connectivity index (χ2v) is 10.1. The number of carbonyl (C=O) groups is 8. The summed E-state index contributed by atoms with van der Waals surface area (Å²) in [6.45, 7) is 4.18. The molecular weight excluding hydrogens is 550 g/mol. The van der Waals surface area contributed by atoms with E-state index in [0.717, 1.165) is 17.1 Å². The molecule has 0 saturated carbocycles. The van der Waals surface area contributed by atoms with Crippen molar-refractivity contribution in [2.24, 2.45) is 11.8 Å². The van der Waals surface area contributed by atoms with E-state index in [1.165, 1.54) is 20.8 Å². The maximum Gasteiger partial charge on any atom is 0.303 e. The van der Waals surface area contributed by atoms with E-state index in [9.17, 15) is 38.4 Å². The van der Waals surface area contributed by atoms with Crippen LogP contribution >= 0.6 is 0 Å². The van der Waals surface area contributed by atoms with Crippen molar-refractivity contribution in [2.45, 2.75) is 65.5 Å². The molecule has 2 rings (SSSR count). The lowest BCUT2D eigenvalue weighted by molar-refractivity contribution is -0.142. The van der Waals surface area contributed by atoms with Crippen molar-refractivity contribution in [3.05, 3.63) is 42.0 Å². The van der Waals surface area contributed by atoms with Crippen molar-refractivity contribution in [1.29, 1.82) is 0 Å². The first-order chi connectivity index (χ1) is 19.8. The number of imide groups is 1. The average molecular weight is 586 g/mol. The zero-order chi connectivity index (χ0) is 31.4. The summed E-state index contributed by atoms with van der Waals surface area (Å²) in [5.41, 5.74) is 1.09. The lowest BCUT2D eigenvalue weighted by atomic mass is 9.93. The molecule has 4 amide bonds. The lowest BCUT2D eigenvalue weighted by Gasteiger charge is -2.20. The third kappa shape index (κ3) is 11.1. The molecule has 1 heterocycles. The molecule has 0 spiro atoms. The van der Waals surface area contributed by atoms with Gasteiger partial charge in [-0.2, -0.15) is 0 Å². The normalized spacial score (nSPS) is 14.6. The molecule has 0 fully saturated rings. The second-order valence-electron chi connectivity index (χ2n) is 10.1. The van der Waals surface area contributed by atoms with Gasteiger partial charge < -0.3 is 20.5 Å². The highest BCUT2D eigenvalue weighted by Crippen LogP contribution is 2.18. The number of carboxylic acids is 1. The zero-order valence-corrected chi connectivity index (χ0v) is 23.7. The van der Waals surface area contributed by atoms with E-state index in [1.807, 2.05) is 0 Å². The summed E-state index contributed by atoms with van der Waals surface area (Å²) >= 11 is 0. The van der Waals surface area contributed by atoms with Crippen molar-refractivity contribution < 1.29 is 48.2 Å². The molecule has 1 aromatic carbocycles. The van der Waals surface area contributed by atoms with Crippen LogP contribution in [0.4, 0.5) is 5.69 Å². The van der Waals surface area contributed by atoms with E-state index >= 15 is 0 Å². The second kappa shape index (κ2) is 15.9. The predicted molar refractivity (Wildman–Crippen MR) is 147 cm³/mol. The number of benzene rings is 1. The van der Waals surface area contributed by atoms with Crippen LogP contribution in [0, 0.1) is 11.8 Å². The standard InChI is InChI=1S/C29H35N3O10/c1-17(14-23(34)12-13-32-25(36)9-10-26(32)37)28(40)30-18(2)24(35)15-21(6-11-27(38)39)29(41)31-22-7-4-20(5-8-22)16-42-19(3)33/h4-5,7-10,17-18,21H,6,11-16H2,1-3H3,(H,30,40)(H,31,41)(H,38,39)/t17-,18-,21+/m0/s1. The van der Waals surface area contributed by atoms with Crippen LogP contribution in [0.15, 0.2) is 36.4 Å². The highest BCUT2D eigenvalue weighted by Gasteiger charge is 2.28. The lowest BCUT2D eigenvalue weighted by Crippen LogP contribution is -2.43. The number of carbonyl (C=O) groups excluding carboxylic acids is 7. The third-order valence-corrected chi connectivity index (χ3v) is 6.53. The Hall–Kier alpha value is -4.68. The van der Waals surface area contributed by atoms with Crippen LogP contribution < -0.4 is 10.6 Å². The molecule has 0 saturated heterocycles. The van der Waals surface area contributed by atoms with Crippen molar-refractivity contribution in [2.75, 3.05) is 11.9 Å². The van der Waals surface area contributed by atoms with E-state index in [0.29, 0.717) is 11.3 Å². The van der Waals surface area contributed by atoms with Crippen molar-refractivity contribution in [3.8, 4) is 0 Å². The van der Waals surface area contributed by atoms with Crippen molar-refractivity contribution >= 4 is 52.8 Å². The number of ketones is 2. The quantitative estimate of drug-likeness (QED) is 0.178. The van der Waals surface area contributed by atoms with Gasteiger partial charge in [-0.15, -0.1) is 0 Å². The molecule has 0 radical (unpaired) electrons. The Labute approximate surface area is 242 Å². The Morgan fingerprint density at radius 3 is 2.10 bits per heavy atom. The monoisotopic (exact) mass is 585 g/mol. The Kier molecular flexibility index (Phi) is 12.7. The Morgan fingerprint density at radius 2 is 1.52 bits per heavy atom. The molecule has 0 aromatic heterocycles. The van der Waals surface area contributed by atoms with Crippen molar-refractivity contribution in [1.82, 2.24) is 10.2 Å². The summed E-state index contributed by atoms with van der Waals surface area (Å²) in [6.07, 6.45) is 1.16. The van der Waals surface area contributed by atoms with Crippen LogP contribution in [0.5, 0.6) is 0 Å². The van der Waals surface area contributed by atoms with E-state index < -0.39 is 59.2 Å². The van der Waals surface area contributed by atoms with Crippen LogP contribution in [0.1, 0.15) is 58.4 Å². The zero-order valence-electron chi connectivity index (χ0n) is 23.7. The predicted octanol–water partition coefficient (Wildman–Crippen LogP) is 1.54. The highest BCUT2D eigenvalue weighted by atomic mass is 16.5. The van der Waals surface area contributed by atoms with Crippen LogP contribution in [0.25, 0.3) is 0 Å². The van der Waals surface area contributed by atoms with E-state index in [1.54, 1.807) is 24.3 Å². The van der Waals surface area contributed by atoms with Crippen LogP contribution in [-0.4, -0.2) is 69.7 Å². The Bertz CT molecular complexity index is 1240. The molecule has 1 aromatic rings. The average Bonchev–Trinajstić information content (AvgIpc) is 3.25. The molecule has 0 unspecified atom stereocenters. The largest absolute Gasteiger partial charge is 0.481 e. The molecule has 1 aliphatic rings. The molecule has 3 N–H and O–H groups in total. The number of rotatable bonds is 17. The number of amides is 4. The van der Waals surface area contributed by atoms with Gasteiger partial charge in [-0.1, -0.05) is 19.1 Å². The number of Topliss-reactive ketones (excluding diaryl/α,β-unsaturated/α-hetero) is 2. The minimum atomic E-state index is -1.13. The fraction of sp³-hybridized carbons (Fsp3) is 0.448. The van der Waals surface area contributed by atoms with E-state index in [4.69, 9.17) is 9.84 Å². The fourth-order valence-corrected chi connectivity index (χ4v) is 4.02. The Morgan fingerprint density at radius 1 is 0.905 bits per heavy atom. The number of anilines is 1. The molecule has 13 nitrogen and oxygen atoms in total. The summed E-state index contributed by atoms with van der Waals surface area (Å²) in [4.78, 5) is 97.0. The molecule has 1 aliphatic heterocycles. The van der Waals surface area contributed by atoms with Gasteiger partial charge in [-0.05, 0) is 31.0 Å². The first kappa shape index (κ1) is 33.5. The van der Waals surface area contributed by atoms with Gasteiger partial charge in [-0.3, -0.25) is 43.3 Å². The number of aliphatic carboxylic acids is 1. The van der Waals surface area contributed by atoms with Crippen LogP contribution in [0.2, 0.25) is 0 Å². The summed E-state index contributed by atoms with van der Waals surface area (Å²) in [5.74, 6) is -6.34. The number of carboxylic acid groups (broad SMARTS) is 1. The van der Waals surface area contributed by atoms with Gasteiger partial charge in [0.2, 0.25) is 11.8 Å². The van der Waals surface area contributed by atoms with Gasteiger partial charge in [0.25, 0.3) is 11.8 Å². The maximum absolute atomic E-state index is 12.9. The first-order valence-corrected chi connectivity index (χ1v) is 13.4. The molecule has 13 heteroatoms. The first-order valence-electron chi connectivity index (χ1n) is 13.4. The smallest absolute Gasteiger partial charge is 0.303 e. The van der Waals surface area contributed by atoms with E-state index in [-0.39, 0.29) is 51.0 Å². The molecular formula is C29H35N3O10. The maximum atomic E-state index is 12.9. The van der Waals surface area contributed by atoms with Crippen LogP contribution in [-0.2, 0) is 49.7 Å². The van der Waals surface area contributed by atoms with Gasteiger partial charge in [0.1, 0.15) is 12.4 Å². The number of esters is 1. The molecule has 3 atom stereocenters. The third-order valence-electron chi connectivity index (χ3n) is 6.53.